The number of nitrogens with two attached hydrogens (primary N) is 1. The number of thiazole rings is 1. The molecule has 0 atom stereocenters. The molecule has 1 rings (SSSR count). The van der Waals surface area contributed by atoms with Crippen LogP contribution >= 0.6 is 23.7 Å². The Morgan fingerprint density at radius 1 is 1.37 bits per heavy atom. The van der Waals surface area contributed by atoms with E-state index in [1.165, 1.54) is 11.3 Å². The fourth-order valence-electron chi connectivity index (χ4n) is 1.38. The van der Waals surface area contributed by atoms with Crippen LogP contribution in [0.4, 0.5) is 0 Å². The van der Waals surface area contributed by atoms with Gasteiger partial charge in [0.15, 0.2) is 0 Å². The van der Waals surface area contributed by atoms with Crippen molar-refractivity contribution in [3.63, 3.8) is 0 Å². The number of rotatable bonds is 8. The van der Waals surface area contributed by atoms with Gasteiger partial charge < -0.3 is 20.1 Å². The van der Waals surface area contributed by atoms with Gasteiger partial charge in [-0.1, -0.05) is 0 Å². The van der Waals surface area contributed by atoms with Gasteiger partial charge in [0.2, 0.25) is 0 Å². The summed E-state index contributed by atoms with van der Waals surface area (Å²) in [6.45, 7) is 2.38. The van der Waals surface area contributed by atoms with Crippen molar-refractivity contribution in [3.8, 4) is 0 Å². The van der Waals surface area contributed by atoms with Gasteiger partial charge in [-0.15, -0.1) is 23.7 Å². The largest absolute Gasteiger partial charge is 0.383 e. The van der Waals surface area contributed by atoms with E-state index in [-0.39, 0.29) is 18.3 Å². The summed E-state index contributed by atoms with van der Waals surface area (Å²) in [6, 6.07) is 0. The number of halogens is 1. The van der Waals surface area contributed by atoms with Crippen LogP contribution in [0.2, 0.25) is 0 Å². The van der Waals surface area contributed by atoms with Crippen molar-refractivity contribution < 1.29 is 14.3 Å². The third-order valence-electron chi connectivity index (χ3n) is 2.36. The highest BCUT2D eigenvalue weighted by Crippen LogP contribution is 2.11. The minimum Gasteiger partial charge on any atom is -0.383 e. The molecule has 0 bridgehead atoms. The number of amides is 1. The molecular formula is C11H20ClN3O3S. The fraction of sp³-hybridized carbons (Fsp3) is 0.636. The molecule has 0 spiro atoms. The highest BCUT2D eigenvalue weighted by Gasteiger charge is 2.18. The van der Waals surface area contributed by atoms with Crippen LogP contribution in [-0.2, 0) is 16.0 Å². The van der Waals surface area contributed by atoms with Crippen LogP contribution in [0.15, 0.2) is 5.38 Å². The van der Waals surface area contributed by atoms with Crippen LogP contribution in [-0.4, -0.2) is 56.3 Å². The number of nitrogens with zero attached hydrogens (tertiary/aromatic N) is 2. The van der Waals surface area contributed by atoms with E-state index in [4.69, 9.17) is 15.2 Å². The van der Waals surface area contributed by atoms with Gasteiger partial charge in [-0.25, -0.2) is 4.98 Å². The molecule has 0 saturated carbocycles. The third-order valence-corrected chi connectivity index (χ3v) is 3.23. The standard InChI is InChI=1S/C11H19N3O3S.ClH/c1-16-5-3-14(4-6-17-2)11(15)9-8-18-10(7-12)13-9;/h8H,3-7,12H2,1-2H3;1H. The molecule has 0 saturated heterocycles. The van der Waals surface area contributed by atoms with E-state index in [0.717, 1.165) is 5.01 Å². The second kappa shape index (κ2) is 10.1. The smallest absolute Gasteiger partial charge is 0.273 e. The molecule has 0 aliphatic carbocycles. The van der Waals surface area contributed by atoms with E-state index in [0.29, 0.717) is 38.5 Å². The molecule has 110 valence electrons. The number of carbonyl (C=O) groups is 1. The minimum atomic E-state index is -0.111. The maximum atomic E-state index is 12.2. The normalized spacial score (nSPS) is 10.1. The molecule has 1 amide bonds. The lowest BCUT2D eigenvalue weighted by Crippen LogP contribution is -2.36. The molecule has 8 heteroatoms. The highest BCUT2D eigenvalue weighted by atomic mass is 35.5. The highest BCUT2D eigenvalue weighted by molar-refractivity contribution is 7.09. The Kier molecular flexibility index (Phi) is 9.72. The number of hydrogen-bond acceptors (Lipinski definition) is 6. The van der Waals surface area contributed by atoms with Gasteiger partial charge in [-0.3, -0.25) is 4.79 Å². The number of hydrogen-bond donors (Lipinski definition) is 1. The molecule has 0 radical (unpaired) electrons. The SMILES string of the molecule is COCCN(CCOC)C(=O)c1csc(CN)n1.Cl. The van der Waals surface area contributed by atoms with Crippen molar-refractivity contribution in [2.24, 2.45) is 5.73 Å². The Morgan fingerprint density at radius 2 is 1.95 bits per heavy atom. The van der Waals surface area contributed by atoms with Gasteiger partial charge in [-0.05, 0) is 0 Å². The van der Waals surface area contributed by atoms with Crippen molar-refractivity contribution in [3.05, 3.63) is 16.1 Å². The first kappa shape index (κ1) is 18.3. The summed E-state index contributed by atoms with van der Waals surface area (Å²) in [4.78, 5) is 18.1. The molecular weight excluding hydrogens is 290 g/mol. The number of aromatic nitrogens is 1. The average Bonchev–Trinajstić information content (AvgIpc) is 2.87. The molecule has 0 aliphatic heterocycles. The zero-order valence-corrected chi connectivity index (χ0v) is 12.8. The molecule has 1 heterocycles. The Morgan fingerprint density at radius 3 is 2.37 bits per heavy atom. The lowest BCUT2D eigenvalue weighted by atomic mass is 10.3. The topological polar surface area (TPSA) is 77.7 Å². The second-order valence-electron chi connectivity index (χ2n) is 3.61. The van der Waals surface area contributed by atoms with Crippen LogP contribution in [0.1, 0.15) is 15.5 Å². The Balaban J connectivity index is 0.00000324. The Hall–Kier alpha value is -0.730. The summed E-state index contributed by atoms with van der Waals surface area (Å²) in [7, 11) is 3.21. The summed E-state index contributed by atoms with van der Waals surface area (Å²) in [6.07, 6.45) is 0. The molecule has 6 nitrogen and oxygen atoms in total. The van der Waals surface area contributed by atoms with Crippen molar-refractivity contribution in [2.45, 2.75) is 6.54 Å². The molecule has 0 fully saturated rings. The maximum absolute atomic E-state index is 12.2. The molecule has 0 unspecified atom stereocenters. The lowest BCUT2D eigenvalue weighted by molar-refractivity contribution is 0.0622. The van der Waals surface area contributed by atoms with E-state index in [1.54, 1.807) is 24.5 Å². The molecule has 0 aliphatic rings. The van der Waals surface area contributed by atoms with Crippen LogP contribution in [0.5, 0.6) is 0 Å². The molecule has 2 N–H and O–H groups in total. The van der Waals surface area contributed by atoms with Crippen LogP contribution < -0.4 is 5.73 Å². The predicted molar refractivity (Wildman–Crippen MR) is 76.9 cm³/mol. The van der Waals surface area contributed by atoms with Crippen molar-refractivity contribution in [1.29, 1.82) is 0 Å². The van der Waals surface area contributed by atoms with Gasteiger partial charge in [0, 0.05) is 39.2 Å². The summed E-state index contributed by atoms with van der Waals surface area (Å²) >= 11 is 1.40. The van der Waals surface area contributed by atoms with E-state index >= 15 is 0 Å². The van der Waals surface area contributed by atoms with Gasteiger partial charge >= 0.3 is 0 Å². The van der Waals surface area contributed by atoms with Gasteiger partial charge in [0.1, 0.15) is 10.7 Å². The third kappa shape index (κ3) is 5.84. The lowest BCUT2D eigenvalue weighted by Gasteiger charge is -2.20. The summed E-state index contributed by atoms with van der Waals surface area (Å²) in [5.41, 5.74) is 5.92. The van der Waals surface area contributed by atoms with Gasteiger partial charge in [0.25, 0.3) is 5.91 Å². The van der Waals surface area contributed by atoms with Crippen molar-refractivity contribution in [2.75, 3.05) is 40.5 Å². The molecule has 19 heavy (non-hydrogen) atoms. The summed E-state index contributed by atoms with van der Waals surface area (Å²) < 4.78 is 9.98. The predicted octanol–water partition coefficient (Wildman–Crippen LogP) is 0.759. The summed E-state index contributed by atoms with van der Waals surface area (Å²) in [5, 5.41) is 2.49. The number of carbonyl (C=O) groups excluding carboxylic acids is 1. The van der Waals surface area contributed by atoms with Crippen molar-refractivity contribution >= 4 is 29.7 Å². The first-order chi connectivity index (χ1) is 8.72. The average molecular weight is 310 g/mol. The number of ether oxygens (including phenoxy) is 2. The first-order valence-electron chi connectivity index (χ1n) is 5.64. The quantitative estimate of drug-likeness (QED) is 0.767. The first-order valence-corrected chi connectivity index (χ1v) is 6.52. The van der Waals surface area contributed by atoms with E-state index in [9.17, 15) is 4.79 Å². The fourth-order valence-corrected chi connectivity index (χ4v) is 2.03. The maximum Gasteiger partial charge on any atom is 0.273 e. The van der Waals surface area contributed by atoms with Crippen LogP contribution in [0.25, 0.3) is 0 Å². The number of methoxy groups -OCH3 is 2. The van der Waals surface area contributed by atoms with Crippen LogP contribution in [0.3, 0.4) is 0 Å². The Labute approximate surface area is 123 Å². The molecule has 1 aromatic heterocycles. The zero-order chi connectivity index (χ0) is 13.4. The van der Waals surface area contributed by atoms with Crippen molar-refractivity contribution in [1.82, 2.24) is 9.88 Å². The van der Waals surface area contributed by atoms with E-state index < -0.39 is 0 Å². The van der Waals surface area contributed by atoms with Gasteiger partial charge in [0.05, 0.1) is 13.2 Å². The monoisotopic (exact) mass is 309 g/mol. The van der Waals surface area contributed by atoms with Crippen LogP contribution in [0, 0.1) is 0 Å². The minimum absolute atomic E-state index is 0. The molecule has 0 aromatic carbocycles. The molecule has 1 aromatic rings. The Bertz CT molecular complexity index is 368. The van der Waals surface area contributed by atoms with Gasteiger partial charge in [-0.2, -0.15) is 0 Å². The summed E-state index contributed by atoms with van der Waals surface area (Å²) in [5.74, 6) is -0.111. The second-order valence-corrected chi connectivity index (χ2v) is 4.55. The van der Waals surface area contributed by atoms with E-state index in [2.05, 4.69) is 4.98 Å². The zero-order valence-electron chi connectivity index (χ0n) is 11.1. The van der Waals surface area contributed by atoms with E-state index in [1.807, 2.05) is 0 Å².